The highest BCUT2D eigenvalue weighted by Crippen LogP contribution is 2.48. The van der Waals surface area contributed by atoms with Crippen LogP contribution >= 0.6 is 11.6 Å². The zero-order valence-corrected chi connectivity index (χ0v) is 13.8. The molecule has 5 nitrogen and oxygen atoms in total. The van der Waals surface area contributed by atoms with Gasteiger partial charge in [0.2, 0.25) is 11.8 Å². The van der Waals surface area contributed by atoms with Gasteiger partial charge in [0.05, 0.1) is 6.10 Å². The van der Waals surface area contributed by atoms with Gasteiger partial charge in [0.25, 0.3) is 0 Å². The van der Waals surface area contributed by atoms with Gasteiger partial charge in [-0.2, -0.15) is 0 Å². The van der Waals surface area contributed by atoms with Crippen molar-refractivity contribution >= 4 is 23.4 Å². The Bertz CT molecular complexity index is 630. The van der Waals surface area contributed by atoms with Crippen LogP contribution in [0.4, 0.5) is 0 Å². The van der Waals surface area contributed by atoms with E-state index in [0.717, 1.165) is 18.4 Å². The number of carbonyl (C=O) groups is 2. The van der Waals surface area contributed by atoms with Crippen LogP contribution < -0.4 is 5.32 Å². The highest BCUT2D eigenvalue weighted by atomic mass is 35.5. The number of hydrogen-bond acceptors (Lipinski definition) is 3. The summed E-state index contributed by atoms with van der Waals surface area (Å²) in [5, 5.41) is 13.4. The van der Waals surface area contributed by atoms with Gasteiger partial charge in [-0.15, -0.1) is 0 Å². The fraction of sp³-hybridized carbons (Fsp3) is 0.529. The first-order chi connectivity index (χ1) is 10.9. The molecule has 6 heteroatoms. The van der Waals surface area contributed by atoms with Gasteiger partial charge in [0.1, 0.15) is 6.04 Å². The van der Waals surface area contributed by atoms with Crippen LogP contribution in [0.3, 0.4) is 0 Å². The number of nitrogens with one attached hydrogen (secondary N) is 1. The molecule has 0 aromatic heterocycles. The lowest BCUT2D eigenvalue weighted by atomic mass is 9.96. The summed E-state index contributed by atoms with van der Waals surface area (Å²) in [6, 6.07) is 7.17. The van der Waals surface area contributed by atoms with E-state index in [-0.39, 0.29) is 23.8 Å². The van der Waals surface area contributed by atoms with Crippen molar-refractivity contribution in [3.8, 4) is 0 Å². The standard InChI is InChI=1S/C17H21ClN2O3/c1-11(21)20-9-14(22)8-15(20)16(23)19-10-17(5-6-17)12-3-2-4-13(18)7-12/h2-4,7,14-15,22H,5-6,8-10H2,1H3,(H,19,23)/t14-,15-/m1/s1. The topological polar surface area (TPSA) is 69.6 Å². The number of aliphatic hydroxyl groups is 1. The molecule has 23 heavy (non-hydrogen) atoms. The molecule has 1 aliphatic heterocycles. The molecule has 1 saturated heterocycles. The first kappa shape index (κ1) is 16.3. The Kier molecular flexibility index (Phi) is 4.34. The third-order valence-electron chi connectivity index (χ3n) is 4.88. The largest absolute Gasteiger partial charge is 0.391 e. The van der Waals surface area contributed by atoms with E-state index in [0.29, 0.717) is 18.0 Å². The van der Waals surface area contributed by atoms with Crippen LogP contribution in [0.2, 0.25) is 5.02 Å². The van der Waals surface area contributed by atoms with Crippen molar-refractivity contribution < 1.29 is 14.7 Å². The monoisotopic (exact) mass is 336 g/mol. The Hall–Kier alpha value is -1.59. The van der Waals surface area contributed by atoms with Crippen LogP contribution in [0.5, 0.6) is 0 Å². The van der Waals surface area contributed by atoms with Crippen molar-refractivity contribution in [2.24, 2.45) is 0 Å². The molecule has 2 atom stereocenters. The Morgan fingerprint density at radius 3 is 2.78 bits per heavy atom. The number of halogens is 1. The molecule has 1 aromatic rings. The molecule has 1 aliphatic carbocycles. The van der Waals surface area contributed by atoms with Crippen LogP contribution in [0.15, 0.2) is 24.3 Å². The van der Waals surface area contributed by atoms with Gasteiger partial charge in [-0.3, -0.25) is 9.59 Å². The molecule has 0 unspecified atom stereocenters. The highest BCUT2D eigenvalue weighted by Gasteiger charge is 2.45. The van der Waals surface area contributed by atoms with Gasteiger partial charge in [0, 0.05) is 36.9 Å². The number of β-amino-alcohol motifs (C(OH)–C–C–N with tert-alkyl or cyclic N) is 1. The molecule has 0 radical (unpaired) electrons. The second-order valence-corrected chi connectivity index (χ2v) is 7.02. The number of hydrogen-bond donors (Lipinski definition) is 2. The number of carbonyl (C=O) groups excluding carboxylic acids is 2. The maximum absolute atomic E-state index is 12.4. The van der Waals surface area contributed by atoms with E-state index in [2.05, 4.69) is 5.32 Å². The van der Waals surface area contributed by atoms with Crippen LogP contribution in [0.25, 0.3) is 0 Å². The van der Waals surface area contributed by atoms with Gasteiger partial charge >= 0.3 is 0 Å². The Labute approximate surface area is 140 Å². The van der Waals surface area contributed by atoms with E-state index in [1.165, 1.54) is 11.8 Å². The van der Waals surface area contributed by atoms with Crippen molar-refractivity contribution in [3.63, 3.8) is 0 Å². The number of nitrogens with zero attached hydrogens (tertiary/aromatic N) is 1. The molecule has 3 rings (SSSR count). The first-order valence-corrected chi connectivity index (χ1v) is 8.28. The fourth-order valence-corrected chi connectivity index (χ4v) is 3.51. The minimum atomic E-state index is -0.627. The zero-order valence-electron chi connectivity index (χ0n) is 13.1. The summed E-state index contributed by atoms with van der Waals surface area (Å²) in [6.07, 6.45) is 1.70. The SMILES string of the molecule is CC(=O)N1C[C@H](O)C[C@@H]1C(=O)NCC1(c2cccc(Cl)c2)CC1. The third-order valence-corrected chi connectivity index (χ3v) is 5.11. The van der Waals surface area contributed by atoms with Crippen molar-refractivity contribution in [3.05, 3.63) is 34.9 Å². The summed E-state index contributed by atoms with van der Waals surface area (Å²) in [7, 11) is 0. The molecule has 1 aromatic carbocycles. The average Bonchev–Trinajstić information content (AvgIpc) is 3.20. The van der Waals surface area contributed by atoms with Crippen LogP contribution in [0, 0.1) is 0 Å². The molecular formula is C17H21ClN2O3. The smallest absolute Gasteiger partial charge is 0.242 e. The van der Waals surface area contributed by atoms with Gasteiger partial charge in [0.15, 0.2) is 0 Å². The van der Waals surface area contributed by atoms with Crippen molar-refractivity contribution in [1.29, 1.82) is 0 Å². The first-order valence-electron chi connectivity index (χ1n) is 7.90. The second-order valence-electron chi connectivity index (χ2n) is 6.59. The normalized spacial score (nSPS) is 25.3. The van der Waals surface area contributed by atoms with E-state index >= 15 is 0 Å². The molecule has 124 valence electrons. The Morgan fingerprint density at radius 2 is 2.17 bits per heavy atom. The van der Waals surface area contributed by atoms with Gasteiger partial charge in [-0.1, -0.05) is 23.7 Å². The number of aliphatic hydroxyl groups excluding tert-OH is 1. The van der Waals surface area contributed by atoms with E-state index in [4.69, 9.17) is 11.6 Å². The second kappa shape index (κ2) is 6.13. The minimum Gasteiger partial charge on any atom is -0.391 e. The minimum absolute atomic E-state index is 0.0428. The number of benzene rings is 1. The molecule has 0 bridgehead atoms. The summed E-state index contributed by atoms with van der Waals surface area (Å²) in [5.41, 5.74) is 1.10. The fourth-order valence-electron chi connectivity index (χ4n) is 3.32. The lowest BCUT2D eigenvalue weighted by Gasteiger charge is -2.24. The van der Waals surface area contributed by atoms with Crippen molar-refractivity contribution in [2.45, 2.75) is 43.7 Å². The molecule has 1 saturated carbocycles. The number of amides is 2. The maximum Gasteiger partial charge on any atom is 0.242 e. The summed E-state index contributed by atoms with van der Waals surface area (Å²) in [6.45, 7) is 2.18. The van der Waals surface area contributed by atoms with Crippen molar-refractivity contribution in [1.82, 2.24) is 10.2 Å². The average molecular weight is 337 g/mol. The number of rotatable bonds is 4. The maximum atomic E-state index is 12.4. The predicted molar refractivity (Wildman–Crippen MR) is 87.2 cm³/mol. The van der Waals surface area contributed by atoms with E-state index in [1.807, 2.05) is 24.3 Å². The molecule has 2 fully saturated rings. The summed E-state index contributed by atoms with van der Waals surface area (Å²) in [5.74, 6) is -0.372. The van der Waals surface area contributed by atoms with Crippen LogP contribution in [-0.2, 0) is 15.0 Å². The van der Waals surface area contributed by atoms with E-state index in [9.17, 15) is 14.7 Å². The highest BCUT2D eigenvalue weighted by molar-refractivity contribution is 6.30. The third kappa shape index (κ3) is 3.35. The van der Waals surface area contributed by atoms with Crippen molar-refractivity contribution in [2.75, 3.05) is 13.1 Å². The molecule has 2 amide bonds. The lowest BCUT2D eigenvalue weighted by molar-refractivity contribution is -0.136. The van der Waals surface area contributed by atoms with Crippen LogP contribution in [0.1, 0.15) is 31.7 Å². The van der Waals surface area contributed by atoms with E-state index < -0.39 is 12.1 Å². The summed E-state index contributed by atoms with van der Waals surface area (Å²) < 4.78 is 0. The molecule has 0 spiro atoms. The van der Waals surface area contributed by atoms with E-state index in [1.54, 1.807) is 0 Å². The van der Waals surface area contributed by atoms with Crippen LogP contribution in [-0.4, -0.2) is 47.1 Å². The molecule has 2 N–H and O–H groups in total. The molecular weight excluding hydrogens is 316 g/mol. The lowest BCUT2D eigenvalue weighted by Crippen LogP contribution is -2.46. The zero-order chi connectivity index (χ0) is 16.6. The molecule has 1 heterocycles. The number of likely N-dealkylation sites (tertiary alicyclic amines) is 1. The molecule has 2 aliphatic rings. The van der Waals surface area contributed by atoms with Gasteiger partial charge in [-0.25, -0.2) is 0 Å². The Balaban J connectivity index is 1.64. The van der Waals surface area contributed by atoms with Gasteiger partial charge < -0.3 is 15.3 Å². The predicted octanol–water partition coefficient (Wildman–Crippen LogP) is 1.47. The summed E-state index contributed by atoms with van der Waals surface area (Å²) >= 11 is 6.06. The van der Waals surface area contributed by atoms with Gasteiger partial charge in [-0.05, 0) is 30.5 Å². The summed E-state index contributed by atoms with van der Waals surface area (Å²) in [4.78, 5) is 25.5. The Morgan fingerprint density at radius 1 is 1.43 bits per heavy atom. The quantitative estimate of drug-likeness (QED) is 0.874.